The molecule has 1 aromatic rings. The van der Waals surface area contributed by atoms with Gasteiger partial charge in [-0.25, -0.2) is 4.98 Å². The Bertz CT molecular complexity index is 407. The number of nitrogens with zero attached hydrogens (tertiary/aromatic N) is 2. The quantitative estimate of drug-likeness (QED) is 0.766. The molecule has 1 aromatic heterocycles. The molecule has 1 unspecified atom stereocenters. The van der Waals surface area contributed by atoms with Gasteiger partial charge in [-0.1, -0.05) is 6.92 Å². The van der Waals surface area contributed by atoms with Crippen LogP contribution in [0.4, 0.5) is 11.6 Å². The molecule has 5 nitrogen and oxygen atoms in total. The van der Waals surface area contributed by atoms with Crippen LogP contribution in [-0.4, -0.2) is 49.0 Å². The van der Waals surface area contributed by atoms with Gasteiger partial charge >= 0.3 is 0 Å². The first-order valence-electron chi connectivity index (χ1n) is 6.60. The van der Waals surface area contributed by atoms with Gasteiger partial charge in [0.15, 0.2) is 0 Å². The first-order chi connectivity index (χ1) is 9.22. The zero-order valence-electron chi connectivity index (χ0n) is 11.1. The van der Waals surface area contributed by atoms with Crippen LogP contribution in [0, 0.1) is 3.57 Å². The summed E-state index contributed by atoms with van der Waals surface area (Å²) in [6.45, 7) is 5.43. The van der Waals surface area contributed by atoms with Crippen LogP contribution in [0.3, 0.4) is 0 Å². The predicted octanol–water partition coefficient (Wildman–Crippen LogP) is 1.71. The number of hydrogen-bond donors (Lipinski definition) is 2. The molecule has 0 spiro atoms. The van der Waals surface area contributed by atoms with Crippen molar-refractivity contribution in [2.45, 2.75) is 19.4 Å². The summed E-state index contributed by atoms with van der Waals surface area (Å²) in [6.07, 6.45) is 0.872. The van der Waals surface area contributed by atoms with E-state index in [9.17, 15) is 5.11 Å². The Morgan fingerprint density at radius 1 is 1.47 bits per heavy atom. The van der Waals surface area contributed by atoms with Gasteiger partial charge in [0.2, 0.25) is 0 Å². The van der Waals surface area contributed by atoms with Gasteiger partial charge in [0.1, 0.15) is 11.6 Å². The Balaban J connectivity index is 2.13. The first kappa shape index (κ1) is 14.8. The van der Waals surface area contributed by atoms with E-state index in [1.807, 2.05) is 13.0 Å². The number of rotatable bonds is 5. The maximum atomic E-state index is 9.26. The first-order valence-corrected chi connectivity index (χ1v) is 7.68. The van der Waals surface area contributed by atoms with Crippen LogP contribution < -0.4 is 10.2 Å². The summed E-state index contributed by atoms with van der Waals surface area (Å²) in [7, 11) is 0. The van der Waals surface area contributed by atoms with Crippen LogP contribution in [-0.2, 0) is 4.74 Å². The monoisotopic (exact) mass is 377 g/mol. The van der Waals surface area contributed by atoms with Crippen LogP contribution in [0.2, 0.25) is 0 Å². The fourth-order valence-electron chi connectivity index (χ4n) is 2.00. The molecule has 0 bridgehead atoms. The summed E-state index contributed by atoms with van der Waals surface area (Å²) in [5.74, 6) is 1.81. The summed E-state index contributed by atoms with van der Waals surface area (Å²) >= 11 is 2.30. The number of pyridine rings is 1. The van der Waals surface area contributed by atoms with Crippen LogP contribution >= 0.6 is 22.6 Å². The largest absolute Gasteiger partial charge is 0.394 e. The van der Waals surface area contributed by atoms with E-state index in [0.29, 0.717) is 0 Å². The summed E-state index contributed by atoms with van der Waals surface area (Å²) in [5.41, 5.74) is 0. The minimum Gasteiger partial charge on any atom is -0.394 e. The second-order valence-corrected chi connectivity index (χ2v) is 5.81. The molecule has 0 aliphatic carbocycles. The molecule has 1 aliphatic heterocycles. The second-order valence-electron chi connectivity index (χ2n) is 4.56. The maximum absolute atomic E-state index is 9.26. The van der Waals surface area contributed by atoms with Crippen molar-refractivity contribution in [2.75, 3.05) is 43.1 Å². The van der Waals surface area contributed by atoms with Gasteiger partial charge < -0.3 is 20.1 Å². The SMILES string of the molecule is CCC(CO)Nc1cc(I)cc(N2CCOCC2)n1. The summed E-state index contributed by atoms with van der Waals surface area (Å²) in [4.78, 5) is 6.87. The molecule has 1 aliphatic rings. The van der Waals surface area contributed by atoms with E-state index in [4.69, 9.17) is 4.74 Å². The Labute approximate surface area is 127 Å². The van der Waals surface area contributed by atoms with Crippen LogP contribution in [0.1, 0.15) is 13.3 Å². The number of ether oxygens (including phenoxy) is 1. The normalized spacial score (nSPS) is 17.3. The minimum atomic E-state index is 0.0586. The van der Waals surface area contributed by atoms with Gasteiger partial charge in [-0.15, -0.1) is 0 Å². The molecule has 2 heterocycles. The molecule has 0 amide bonds. The number of aliphatic hydroxyl groups is 1. The highest BCUT2D eigenvalue weighted by atomic mass is 127. The molecule has 1 atom stereocenters. The molecule has 106 valence electrons. The summed E-state index contributed by atoms with van der Waals surface area (Å²) < 4.78 is 6.50. The third-order valence-corrected chi connectivity index (χ3v) is 3.80. The molecular weight excluding hydrogens is 357 g/mol. The molecule has 0 aromatic carbocycles. The van der Waals surface area contributed by atoms with E-state index < -0.39 is 0 Å². The van der Waals surface area contributed by atoms with E-state index in [1.54, 1.807) is 0 Å². The highest BCUT2D eigenvalue weighted by Gasteiger charge is 2.14. The maximum Gasteiger partial charge on any atom is 0.132 e. The van der Waals surface area contributed by atoms with Crippen molar-refractivity contribution in [3.8, 4) is 0 Å². The number of anilines is 2. The van der Waals surface area contributed by atoms with Gasteiger partial charge in [0, 0.05) is 16.7 Å². The van der Waals surface area contributed by atoms with Crippen molar-refractivity contribution in [3.63, 3.8) is 0 Å². The third kappa shape index (κ3) is 4.19. The van der Waals surface area contributed by atoms with Crippen molar-refractivity contribution in [1.82, 2.24) is 4.98 Å². The Kier molecular flexibility index (Phi) is 5.65. The van der Waals surface area contributed by atoms with Crippen LogP contribution in [0.25, 0.3) is 0 Å². The zero-order valence-corrected chi connectivity index (χ0v) is 13.3. The summed E-state index contributed by atoms with van der Waals surface area (Å²) in [6, 6.07) is 4.14. The van der Waals surface area contributed by atoms with Gasteiger partial charge in [-0.05, 0) is 41.1 Å². The molecule has 2 rings (SSSR count). The van der Waals surface area contributed by atoms with E-state index in [1.165, 1.54) is 0 Å². The van der Waals surface area contributed by atoms with Crippen molar-refractivity contribution in [1.29, 1.82) is 0 Å². The van der Waals surface area contributed by atoms with Gasteiger partial charge in [-0.3, -0.25) is 0 Å². The smallest absolute Gasteiger partial charge is 0.132 e. The van der Waals surface area contributed by atoms with Crippen LogP contribution in [0.5, 0.6) is 0 Å². The number of morpholine rings is 1. The second kappa shape index (κ2) is 7.25. The molecular formula is C13H20IN3O2. The molecule has 19 heavy (non-hydrogen) atoms. The van der Waals surface area contributed by atoms with E-state index in [0.717, 1.165) is 47.9 Å². The predicted molar refractivity (Wildman–Crippen MR) is 84.8 cm³/mol. The number of nitrogens with one attached hydrogen (secondary N) is 1. The van der Waals surface area contributed by atoms with Crippen molar-refractivity contribution in [3.05, 3.63) is 15.7 Å². The molecule has 1 fully saturated rings. The number of halogens is 1. The van der Waals surface area contributed by atoms with Gasteiger partial charge in [0.25, 0.3) is 0 Å². The standard InChI is InChI=1S/C13H20IN3O2/c1-2-11(9-18)15-12-7-10(14)8-13(16-12)17-3-5-19-6-4-17/h7-8,11,18H,2-6,9H2,1H3,(H,15,16). The lowest BCUT2D eigenvalue weighted by atomic mass is 10.2. The molecule has 6 heteroatoms. The summed E-state index contributed by atoms with van der Waals surface area (Å²) in [5, 5.41) is 12.5. The Morgan fingerprint density at radius 2 is 2.21 bits per heavy atom. The highest BCUT2D eigenvalue weighted by molar-refractivity contribution is 14.1. The Hall–Kier alpha value is -0.600. The lowest BCUT2D eigenvalue weighted by Gasteiger charge is -2.28. The number of aromatic nitrogens is 1. The topological polar surface area (TPSA) is 57.6 Å². The minimum absolute atomic E-state index is 0.0586. The molecule has 2 N–H and O–H groups in total. The van der Waals surface area contributed by atoms with E-state index in [-0.39, 0.29) is 12.6 Å². The van der Waals surface area contributed by atoms with Crippen LogP contribution in [0.15, 0.2) is 12.1 Å². The molecule has 0 radical (unpaired) electrons. The van der Waals surface area contributed by atoms with Crippen molar-refractivity contribution in [2.24, 2.45) is 0 Å². The van der Waals surface area contributed by atoms with Crippen molar-refractivity contribution < 1.29 is 9.84 Å². The zero-order chi connectivity index (χ0) is 13.7. The number of hydrogen-bond acceptors (Lipinski definition) is 5. The Morgan fingerprint density at radius 3 is 2.84 bits per heavy atom. The highest BCUT2D eigenvalue weighted by Crippen LogP contribution is 2.21. The van der Waals surface area contributed by atoms with Gasteiger partial charge in [0.05, 0.1) is 25.9 Å². The van der Waals surface area contributed by atoms with E-state index >= 15 is 0 Å². The molecule has 0 saturated carbocycles. The average molecular weight is 377 g/mol. The van der Waals surface area contributed by atoms with Gasteiger partial charge in [-0.2, -0.15) is 0 Å². The lowest BCUT2D eigenvalue weighted by molar-refractivity contribution is 0.122. The number of aliphatic hydroxyl groups excluding tert-OH is 1. The van der Waals surface area contributed by atoms with E-state index in [2.05, 4.69) is 43.9 Å². The fraction of sp³-hybridized carbons (Fsp3) is 0.615. The molecule has 1 saturated heterocycles. The average Bonchev–Trinajstić information content (AvgIpc) is 2.45. The van der Waals surface area contributed by atoms with Crippen molar-refractivity contribution >= 4 is 34.2 Å². The third-order valence-electron chi connectivity index (χ3n) is 3.18. The fourth-order valence-corrected chi connectivity index (χ4v) is 2.57. The lowest BCUT2D eigenvalue weighted by Crippen LogP contribution is -2.37.